The Hall–Kier alpha value is -3.07. The molecule has 2 aromatic carbocycles. The maximum atomic E-state index is 14.1. The van der Waals surface area contributed by atoms with E-state index in [1.165, 1.54) is 22.3 Å². The van der Waals surface area contributed by atoms with Crippen LogP contribution in [0.5, 0.6) is 0 Å². The first-order valence-corrected chi connectivity index (χ1v) is 10.6. The Morgan fingerprint density at radius 3 is 2.68 bits per heavy atom. The van der Waals surface area contributed by atoms with Crippen molar-refractivity contribution in [2.75, 3.05) is 18.5 Å². The molecule has 1 aliphatic rings. The van der Waals surface area contributed by atoms with Gasteiger partial charge in [-0.25, -0.2) is 4.39 Å². The second-order valence-corrected chi connectivity index (χ2v) is 8.14. The summed E-state index contributed by atoms with van der Waals surface area (Å²) in [6, 6.07) is 15.9. The molecule has 1 saturated heterocycles. The first-order chi connectivity index (χ1) is 15.0. The molecule has 6 nitrogen and oxygen atoms in total. The van der Waals surface area contributed by atoms with E-state index in [2.05, 4.69) is 5.32 Å². The monoisotopic (exact) mass is 440 g/mol. The Morgan fingerprint density at radius 1 is 1.19 bits per heavy atom. The topological polar surface area (TPSA) is 78.9 Å². The van der Waals surface area contributed by atoms with Crippen molar-refractivity contribution < 1.29 is 23.8 Å². The number of amides is 2. The highest BCUT2D eigenvalue weighted by atomic mass is 32.1. The van der Waals surface area contributed by atoms with Crippen LogP contribution in [-0.2, 0) is 16.1 Å². The third-order valence-electron chi connectivity index (χ3n) is 5.15. The van der Waals surface area contributed by atoms with Crippen LogP contribution in [0.1, 0.15) is 26.9 Å². The summed E-state index contributed by atoms with van der Waals surface area (Å²) < 4.78 is 19.5. The number of hydrogen-bond donors (Lipinski definition) is 2. The highest BCUT2D eigenvalue weighted by Gasteiger charge is 2.35. The first kappa shape index (κ1) is 21.2. The van der Waals surface area contributed by atoms with E-state index in [0.29, 0.717) is 21.7 Å². The number of aliphatic hydroxyl groups is 1. The van der Waals surface area contributed by atoms with Gasteiger partial charge in [0.25, 0.3) is 5.91 Å². The van der Waals surface area contributed by atoms with Crippen molar-refractivity contribution >= 4 is 28.8 Å². The van der Waals surface area contributed by atoms with Crippen LogP contribution in [0.15, 0.2) is 66.0 Å². The smallest absolute Gasteiger partial charge is 0.265 e. The second-order valence-electron chi connectivity index (χ2n) is 7.19. The maximum Gasteiger partial charge on any atom is 0.265 e. The van der Waals surface area contributed by atoms with Crippen LogP contribution in [0.2, 0.25) is 0 Å². The van der Waals surface area contributed by atoms with Gasteiger partial charge in [-0.15, -0.1) is 11.3 Å². The van der Waals surface area contributed by atoms with Gasteiger partial charge in [-0.3, -0.25) is 9.59 Å². The second kappa shape index (κ2) is 9.38. The van der Waals surface area contributed by atoms with E-state index in [1.807, 2.05) is 5.38 Å². The lowest BCUT2D eigenvalue weighted by Gasteiger charge is -2.38. The van der Waals surface area contributed by atoms with Crippen molar-refractivity contribution in [3.05, 3.63) is 87.9 Å². The minimum absolute atomic E-state index is 0.0472. The van der Waals surface area contributed by atoms with Crippen molar-refractivity contribution in [3.63, 3.8) is 0 Å². The molecule has 0 spiro atoms. The quantitative estimate of drug-likeness (QED) is 0.614. The molecule has 0 unspecified atom stereocenters. The van der Waals surface area contributed by atoms with Crippen LogP contribution < -0.4 is 5.32 Å². The molecule has 1 fully saturated rings. The molecule has 2 heterocycles. The fourth-order valence-corrected chi connectivity index (χ4v) is 4.11. The molecule has 1 aliphatic heterocycles. The molecule has 4 rings (SSSR count). The highest BCUT2D eigenvalue weighted by Crippen LogP contribution is 2.27. The number of carbonyl (C=O) groups is 2. The molecule has 1 aromatic heterocycles. The number of nitrogens with zero attached hydrogens (tertiary/aromatic N) is 1. The lowest BCUT2D eigenvalue weighted by molar-refractivity contribution is -0.155. The third kappa shape index (κ3) is 4.82. The van der Waals surface area contributed by atoms with E-state index >= 15 is 0 Å². The number of carbonyl (C=O) groups excluding carboxylic acids is 2. The fourth-order valence-electron chi connectivity index (χ4n) is 3.49. The van der Waals surface area contributed by atoms with Crippen molar-refractivity contribution in [2.24, 2.45) is 0 Å². The Morgan fingerprint density at radius 2 is 1.97 bits per heavy atom. The molecule has 8 heteroatoms. The van der Waals surface area contributed by atoms with E-state index in [4.69, 9.17) is 4.74 Å². The summed E-state index contributed by atoms with van der Waals surface area (Å²) in [4.78, 5) is 26.7. The highest BCUT2D eigenvalue weighted by molar-refractivity contribution is 7.12. The Bertz CT molecular complexity index is 1060. The predicted octanol–water partition coefficient (Wildman–Crippen LogP) is 3.60. The van der Waals surface area contributed by atoms with Crippen LogP contribution in [0.3, 0.4) is 0 Å². The van der Waals surface area contributed by atoms with Gasteiger partial charge in [-0.05, 0) is 35.2 Å². The molecule has 0 radical (unpaired) electrons. The van der Waals surface area contributed by atoms with Crippen LogP contribution in [0.4, 0.5) is 10.1 Å². The van der Waals surface area contributed by atoms with Crippen molar-refractivity contribution in [2.45, 2.75) is 18.7 Å². The van der Waals surface area contributed by atoms with Gasteiger partial charge in [-0.2, -0.15) is 0 Å². The number of halogens is 1. The molecule has 0 bridgehead atoms. The van der Waals surface area contributed by atoms with E-state index in [1.54, 1.807) is 54.6 Å². The van der Waals surface area contributed by atoms with Crippen molar-refractivity contribution in [1.29, 1.82) is 0 Å². The molecule has 160 valence electrons. The molecule has 3 aromatic rings. The Balaban J connectivity index is 1.48. The SMILES string of the molecule is O=C(Nc1ccc([C@@H](O)[C@H]2COCC(=O)N2Cc2ccccc2F)cc1)c1cccs1. The van der Waals surface area contributed by atoms with E-state index in [-0.39, 0.29) is 31.6 Å². The van der Waals surface area contributed by atoms with Gasteiger partial charge in [0.2, 0.25) is 5.91 Å². The van der Waals surface area contributed by atoms with Crippen molar-refractivity contribution in [3.8, 4) is 0 Å². The van der Waals surface area contributed by atoms with Crippen LogP contribution in [0, 0.1) is 5.82 Å². The summed E-state index contributed by atoms with van der Waals surface area (Å²) >= 11 is 1.35. The van der Waals surface area contributed by atoms with E-state index in [9.17, 15) is 19.1 Å². The molecule has 0 aliphatic carbocycles. The number of rotatable bonds is 6. The average Bonchev–Trinajstić information content (AvgIpc) is 3.32. The molecular weight excluding hydrogens is 419 g/mol. The number of morpholine rings is 1. The molecule has 2 atom stereocenters. The van der Waals surface area contributed by atoms with Gasteiger partial charge in [0, 0.05) is 17.8 Å². The van der Waals surface area contributed by atoms with E-state index in [0.717, 1.165) is 0 Å². The molecule has 0 saturated carbocycles. The van der Waals surface area contributed by atoms with Gasteiger partial charge in [0.15, 0.2) is 0 Å². The Labute approximate surface area is 182 Å². The summed E-state index contributed by atoms with van der Waals surface area (Å²) in [6.07, 6.45) is -1.03. The third-order valence-corrected chi connectivity index (χ3v) is 6.02. The van der Waals surface area contributed by atoms with Crippen LogP contribution in [-0.4, -0.2) is 41.1 Å². The predicted molar refractivity (Wildman–Crippen MR) is 115 cm³/mol. The number of nitrogens with one attached hydrogen (secondary N) is 1. The zero-order chi connectivity index (χ0) is 21.8. The normalized spacial score (nSPS) is 17.4. The maximum absolute atomic E-state index is 14.1. The van der Waals surface area contributed by atoms with Gasteiger partial charge in [-0.1, -0.05) is 36.4 Å². The summed E-state index contributed by atoms with van der Waals surface area (Å²) in [5, 5.41) is 15.6. The largest absolute Gasteiger partial charge is 0.386 e. The summed E-state index contributed by atoms with van der Waals surface area (Å²) in [6.45, 7) is 0.0785. The molecular formula is C23H21FN2O4S. The summed E-state index contributed by atoms with van der Waals surface area (Å²) in [5.74, 6) is -0.912. The van der Waals surface area contributed by atoms with Gasteiger partial charge in [0.05, 0.1) is 17.5 Å². The summed E-state index contributed by atoms with van der Waals surface area (Å²) in [7, 11) is 0. The lowest BCUT2D eigenvalue weighted by atomic mass is 9.99. The molecule has 2 amide bonds. The number of aliphatic hydroxyl groups excluding tert-OH is 1. The summed E-state index contributed by atoms with van der Waals surface area (Å²) in [5.41, 5.74) is 1.53. The molecule has 2 N–H and O–H groups in total. The fraction of sp³-hybridized carbons (Fsp3) is 0.217. The minimum Gasteiger partial charge on any atom is -0.386 e. The number of thiophene rings is 1. The minimum atomic E-state index is -1.03. The van der Waals surface area contributed by atoms with Crippen LogP contribution >= 0.6 is 11.3 Å². The first-order valence-electron chi connectivity index (χ1n) is 9.76. The molecule has 31 heavy (non-hydrogen) atoms. The number of hydrogen-bond acceptors (Lipinski definition) is 5. The number of anilines is 1. The standard InChI is InChI=1S/C23H21FN2O4S/c24-18-5-2-1-4-16(18)12-26-19(13-30-14-21(26)27)22(28)15-7-9-17(10-8-15)25-23(29)20-6-3-11-31-20/h1-11,19,22,28H,12-14H2,(H,25,29)/t19-,22-/m1/s1. The zero-order valence-corrected chi connectivity index (χ0v) is 17.3. The van der Waals surface area contributed by atoms with E-state index < -0.39 is 18.0 Å². The number of benzene rings is 2. The van der Waals surface area contributed by atoms with Gasteiger partial charge in [0.1, 0.15) is 18.5 Å². The van der Waals surface area contributed by atoms with Gasteiger partial charge >= 0.3 is 0 Å². The zero-order valence-electron chi connectivity index (χ0n) is 16.5. The Kier molecular flexibility index (Phi) is 6.41. The number of ether oxygens (including phenoxy) is 1. The van der Waals surface area contributed by atoms with Gasteiger partial charge < -0.3 is 20.1 Å². The lowest BCUT2D eigenvalue weighted by Crippen LogP contribution is -2.51. The van der Waals surface area contributed by atoms with Crippen LogP contribution in [0.25, 0.3) is 0 Å². The van der Waals surface area contributed by atoms with Crippen molar-refractivity contribution in [1.82, 2.24) is 4.90 Å². The average molecular weight is 440 g/mol.